The fourth-order valence-electron chi connectivity index (χ4n) is 1.96. The molecule has 2 atom stereocenters. The summed E-state index contributed by atoms with van der Waals surface area (Å²) in [6, 6.07) is 2.96. The molecule has 0 aromatic heterocycles. The maximum Gasteiger partial charge on any atom is 0.175 e. The number of benzene rings is 1. The summed E-state index contributed by atoms with van der Waals surface area (Å²) < 4.78 is 37.0. The SMILES string of the molecule is CS(=O)(=O)c1ccc(Br)c2c1[C@@H](O)[C@@H](F)C2. The Morgan fingerprint density at radius 3 is 2.69 bits per heavy atom. The van der Waals surface area contributed by atoms with Crippen LogP contribution in [0.5, 0.6) is 0 Å². The molecule has 1 aliphatic rings. The van der Waals surface area contributed by atoms with E-state index in [0.717, 1.165) is 6.26 Å². The molecule has 0 fully saturated rings. The van der Waals surface area contributed by atoms with Crippen molar-refractivity contribution in [2.45, 2.75) is 23.6 Å². The Morgan fingerprint density at radius 1 is 1.50 bits per heavy atom. The van der Waals surface area contributed by atoms with Crippen molar-refractivity contribution in [1.29, 1.82) is 0 Å². The van der Waals surface area contributed by atoms with Crippen molar-refractivity contribution >= 4 is 25.8 Å². The van der Waals surface area contributed by atoms with Gasteiger partial charge in [0.15, 0.2) is 9.84 Å². The van der Waals surface area contributed by atoms with Gasteiger partial charge >= 0.3 is 0 Å². The van der Waals surface area contributed by atoms with Crippen molar-refractivity contribution in [1.82, 2.24) is 0 Å². The number of alkyl halides is 1. The summed E-state index contributed by atoms with van der Waals surface area (Å²) in [4.78, 5) is 0.0124. The first-order valence-corrected chi connectivity index (χ1v) is 7.34. The molecule has 2 rings (SSSR count). The number of hydrogen-bond donors (Lipinski definition) is 1. The van der Waals surface area contributed by atoms with Gasteiger partial charge in [-0.1, -0.05) is 15.9 Å². The zero-order valence-electron chi connectivity index (χ0n) is 8.44. The minimum atomic E-state index is -3.45. The van der Waals surface area contributed by atoms with E-state index in [0.29, 0.717) is 10.0 Å². The molecule has 0 aliphatic heterocycles. The van der Waals surface area contributed by atoms with E-state index in [1.165, 1.54) is 6.07 Å². The number of halogens is 2. The third-order valence-electron chi connectivity index (χ3n) is 2.70. The Morgan fingerprint density at radius 2 is 2.12 bits per heavy atom. The number of hydrogen-bond acceptors (Lipinski definition) is 3. The lowest BCUT2D eigenvalue weighted by molar-refractivity contribution is 0.0907. The second-order valence-electron chi connectivity index (χ2n) is 3.87. The van der Waals surface area contributed by atoms with E-state index >= 15 is 0 Å². The highest BCUT2D eigenvalue weighted by Gasteiger charge is 2.36. The maximum absolute atomic E-state index is 13.4. The molecule has 1 aliphatic carbocycles. The average molecular weight is 309 g/mol. The maximum atomic E-state index is 13.4. The molecule has 0 bridgehead atoms. The Bertz CT molecular complexity index is 541. The van der Waals surface area contributed by atoms with Gasteiger partial charge in [0.2, 0.25) is 0 Å². The molecule has 88 valence electrons. The predicted octanol–water partition coefficient (Wildman–Crippen LogP) is 1.78. The van der Waals surface area contributed by atoms with Crippen LogP contribution in [0.15, 0.2) is 21.5 Å². The highest BCUT2D eigenvalue weighted by atomic mass is 79.9. The highest BCUT2D eigenvalue weighted by molar-refractivity contribution is 9.10. The molecular formula is C10H10BrFO3S. The molecule has 0 saturated carbocycles. The summed E-state index contributed by atoms with van der Waals surface area (Å²) in [5, 5.41) is 9.66. The van der Waals surface area contributed by atoms with E-state index < -0.39 is 22.1 Å². The summed E-state index contributed by atoms with van der Waals surface area (Å²) >= 11 is 3.23. The standard InChI is InChI=1S/C10H10BrFO3S/c1-16(14,15)8-3-2-6(11)5-4-7(12)10(13)9(5)8/h2-3,7,10,13H,4H2,1H3/t7-,10-/m0/s1. The van der Waals surface area contributed by atoms with Gasteiger partial charge in [-0.15, -0.1) is 0 Å². The zero-order chi connectivity index (χ0) is 12.1. The van der Waals surface area contributed by atoms with E-state index in [9.17, 15) is 17.9 Å². The number of rotatable bonds is 1. The number of fused-ring (bicyclic) bond motifs is 1. The summed E-state index contributed by atoms with van der Waals surface area (Å²) in [7, 11) is -3.45. The van der Waals surface area contributed by atoms with Crippen LogP contribution in [0.2, 0.25) is 0 Å². The molecule has 0 unspecified atom stereocenters. The van der Waals surface area contributed by atoms with Crippen molar-refractivity contribution in [2.75, 3.05) is 6.26 Å². The minimum absolute atomic E-state index is 0.0124. The van der Waals surface area contributed by atoms with E-state index in [1.807, 2.05) is 0 Å². The van der Waals surface area contributed by atoms with Crippen molar-refractivity contribution in [3.8, 4) is 0 Å². The first kappa shape index (κ1) is 12.0. The third kappa shape index (κ3) is 1.78. The molecule has 0 radical (unpaired) electrons. The van der Waals surface area contributed by atoms with Crippen LogP contribution in [-0.2, 0) is 16.3 Å². The molecule has 1 aromatic rings. The zero-order valence-corrected chi connectivity index (χ0v) is 10.8. The van der Waals surface area contributed by atoms with Crippen LogP contribution in [0, 0.1) is 0 Å². The lowest BCUT2D eigenvalue weighted by atomic mass is 10.1. The van der Waals surface area contributed by atoms with Crippen LogP contribution in [0.4, 0.5) is 4.39 Å². The molecule has 16 heavy (non-hydrogen) atoms. The topological polar surface area (TPSA) is 54.4 Å². The Hall–Kier alpha value is -0.460. The van der Waals surface area contributed by atoms with Crippen molar-refractivity contribution in [3.63, 3.8) is 0 Å². The van der Waals surface area contributed by atoms with Gasteiger partial charge < -0.3 is 5.11 Å². The number of sulfone groups is 1. The molecule has 0 saturated heterocycles. The van der Waals surface area contributed by atoms with Crippen molar-refractivity contribution in [3.05, 3.63) is 27.7 Å². The lowest BCUT2D eigenvalue weighted by Gasteiger charge is -2.11. The van der Waals surface area contributed by atoms with Gasteiger partial charge in [0.05, 0.1) is 4.90 Å². The number of aliphatic hydroxyl groups is 1. The highest BCUT2D eigenvalue weighted by Crippen LogP contribution is 2.41. The van der Waals surface area contributed by atoms with E-state index in [2.05, 4.69) is 15.9 Å². The first-order chi connectivity index (χ1) is 7.32. The molecule has 1 N–H and O–H groups in total. The van der Waals surface area contributed by atoms with Gasteiger partial charge in [-0.25, -0.2) is 12.8 Å². The molecule has 0 amide bonds. The molecule has 0 spiro atoms. The van der Waals surface area contributed by atoms with E-state index in [1.54, 1.807) is 6.07 Å². The largest absolute Gasteiger partial charge is 0.385 e. The monoisotopic (exact) mass is 308 g/mol. The smallest absolute Gasteiger partial charge is 0.175 e. The first-order valence-electron chi connectivity index (χ1n) is 4.66. The molecule has 3 nitrogen and oxygen atoms in total. The summed E-state index contributed by atoms with van der Waals surface area (Å²) in [6.07, 6.45) is -1.69. The summed E-state index contributed by atoms with van der Waals surface area (Å²) in [5.74, 6) is 0. The second kappa shape index (κ2) is 3.78. The average Bonchev–Trinajstić information content (AvgIpc) is 2.44. The van der Waals surface area contributed by atoms with Gasteiger partial charge in [0.1, 0.15) is 12.3 Å². The molecule has 0 heterocycles. The fourth-order valence-corrected chi connectivity index (χ4v) is 3.43. The van der Waals surface area contributed by atoms with Gasteiger partial charge in [-0.05, 0) is 17.7 Å². The molecular weight excluding hydrogens is 299 g/mol. The van der Waals surface area contributed by atoms with Gasteiger partial charge in [-0.2, -0.15) is 0 Å². The van der Waals surface area contributed by atoms with E-state index in [-0.39, 0.29) is 16.9 Å². The van der Waals surface area contributed by atoms with Crippen LogP contribution in [0.1, 0.15) is 17.2 Å². The quantitative estimate of drug-likeness (QED) is 0.860. The summed E-state index contributed by atoms with van der Waals surface area (Å²) in [5.41, 5.74) is 0.743. The Labute approximate surface area is 101 Å². The molecule has 1 aromatic carbocycles. The van der Waals surface area contributed by atoms with Crippen LogP contribution < -0.4 is 0 Å². The lowest BCUT2D eigenvalue weighted by Crippen LogP contribution is -2.10. The van der Waals surface area contributed by atoms with Crippen LogP contribution >= 0.6 is 15.9 Å². The Kier molecular flexibility index (Phi) is 2.84. The minimum Gasteiger partial charge on any atom is -0.385 e. The van der Waals surface area contributed by atoms with Crippen LogP contribution in [0.3, 0.4) is 0 Å². The van der Waals surface area contributed by atoms with Gasteiger partial charge in [0.25, 0.3) is 0 Å². The Balaban J connectivity index is 2.75. The van der Waals surface area contributed by atoms with Crippen LogP contribution in [-0.4, -0.2) is 26.0 Å². The van der Waals surface area contributed by atoms with Gasteiger partial charge in [0, 0.05) is 22.7 Å². The predicted molar refractivity (Wildman–Crippen MR) is 60.8 cm³/mol. The van der Waals surface area contributed by atoms with Crippen molar-refractivity contribution in [2.24, 2.45) is 0 Å². The second-order valence-corrected chi connectivity index (χ2v) is 6.71. The van der Waals surface area contributed by atoms with E-state index in [4.69, 9.17) is 0 Å². The fraction of sp³-hybridized carbons (Fsp3) is 0.400. The third-order valence-corrected chi connectivity index (χ3v) is 4.59. The number of aliphatic hydroxyl groups excluding tert-OH is 1. The summed E-state index contributed by atoms with van der Waals surface area (Å²) in [6.45, 7) is 0. The van der Waals surface area contributed by atoms with Crippen molar-refractivity contribution < 1.29 is 17.9 Å². The van der Waals surface area contributed by atoms with Gasteiger partial charge in [-0.3, -0.25) is 0 Å². The van der Waals surface area contributed by atoms with Crippen LogP contribution in [0.25, 0.3) is 0 Å². The normalized spacial score (nSPS) is 24.5. The molecule has 6 heteroatoms.